The lowest BCUT2D eigenvalue weighted by Gasteiger charge is -2.26. The molecule has 3 rings (SSSR count). The van der Waals surface area contributed by atoms with E-state index in [1.54, 1.807) is 4.90 Å². The van der Waals surface area contributed by atoms with Gasteiger partial charge in [-0.05, 0) is 69.7 Å². The van der Waals surface area contributed by atoms with E-state index >= 15 is 0 Å². The van der Waals surface area contributed by atoms with Gasteiger partial charge in [0.05, 0.1) is 0 Å². The van der Waals surface area contributed by atoms with Crippen molar-refractivity contribution in [2.75, 3.05) is 32.1 Å². The third-order valence-electron chi connectivity index (χ3n) is 5.93. The van der Waals surface area contributed by atoms with Gasteiger partial charge in [-0.15, -0.1) is 0 Å². The normalized spacial score (nSPS) is 24.4. The first-order valence-electron chi connectivity index (χ1n) is 10.3. The van der Waals surface area contributed by atoms with Gasteiger partial charge in [0.15, 0.2) is 0 Å². The minimum Gasteiger partial charge on any atom is -0.491 e. The molecule has 0 radical (unpaired) electrons. The maximum atomic E-state index is 12.8. The van der Waals surface area contributed by atoms with E-state index in [-0.39, 0.29) is 18.2 Å². The Bertz CT molecular complexity index is 661. The number of urea groups is 1. The van der Waals surface area contributed by atoms with Gasteiger partial charge in [0.1, 0.15) is 18.5 Å². The molecule has 0 aromatic heterocycles. The number of amides is 2. The van der Waals surface area contributed by atoms with E-state index < -0.39 is 6.10 Å². The van der Waals surface area contributed by atoms with Gasteiger partial charge in [0.25, 0.3) is 0 Å². The van der Waals surface area contributed by atoms with Crippen molar-refractivity contribution >= 4 is 11.7 Å². The van der Waals surface area contributed by atoms with Crippen molar-refractivity contribution in [3.05, 3.63) is 24.3 Å². The molecule has 2 aliphatic carbocycles. The summed E-state index contributed by atoms with van der Waals surface area (Å²) in [5.74, 6) is 2.12. The van der Waals surface area contributed by atoms with E-state index in [2.05, 4.69) is 26.1 Å². The molecule has 6 heteroatoms. The lowest BCUT2D eigenvalue weighted by atomic mass is 10.1. The number of nitrogens with zero attached hydrogens (tertiary/aromatic N) is 2. The highest BCUT2D eigenvalue weighted by atomic mass is 16.5. The van der Waals surface area contributed by atoms with E-state index in [1.807, 2.05) is 43.3 Å². The topological polar surface area (TPSA) is 65.0 Å². The molecule has 1 aromatic rings. The Hall–Kier alpha value is -1.79. The van der Waals surface area contributed by atoms with Crippen LogP contribution in [0.2, 0.25) is 0 Å². The van der Waals surface area contributed by atoms with Gasteiger partial charge in [-0.3, -0.25) is 4.90 Å². The highest BCUT2D eigenvalue weighted by Gasteiger charge is 2.56. The van der Waals surface area contributed by atoms with Crippen molar-refractivity contribution in [2.45, 2.75) is 57.7 Å². The fraction of sp³-hybridized carbons (Fsp3) is 0.682. The van der Waals surface area contributed by atoms with Gasteiger partial charge < -0.3 is 20.1 Å². The summed E-state index contributed by atoms with van der Waals surface area (Å²) in [5, 5.41) is 13.3. The molecular weight excluding hydrogens is 354 g/mol. The van der Waals surface area contributed by atoms with Crippen molar-refractivity contribution in [1.82, 2.24) is 10.2 Å². The fourth-order valence-electron chi connectivity index (χ4n) is 4.27. The largest absolute Gasteiger partial charge is 0.491 e. The third kappa shape index (κ3) is 4.97. The minimum absolute atomic E-state index is 0.0357. The highest BCUT2D eigenvalue weighted by molar-refractivity contribution is 5.91. The quantitative estimate of drug-likeness (QED) is 0.752. The summed E-state index contributed by atoms with van der Waals surface area (Å²) in [6.07, 6.45) is 3.26. The zero-order valence-corrected chi connectivity index (χ0v) is 17.8. The molecule has 28 heavy (non-hydrogen) atoms. The number of β-amino-alcohol motifs (C(OH)–C–C–N with tert-alkyl or cyclic N) is 1. The van der Waals surface area contributed by atoms with E-state index in [9.17, 15) is 9.90 Å². The van der Waals surface area contributed by atoms with Crippen LogP contribution in [-0.2, 0) is 0 Å². The molecule has 2 saturated carbocycles. The molecule has 0 spiro atoms. The second kappa shape index (κ2) is 8.29. The van der Waals surface area contributed by atoms with E-state index in [0.717, 1.165) is 17.5 Å². The molecule has 3 atom stereocenters. The summed E-state index contributed by atoms with van der Waals surface area (Å²) in [4.78, 5) is 16.4. The van der Waals surface area contributed by atoms with Gasteiger partial charge in [-0.25, -0.2) is 4.79 Å². The fourth-order valence-corrected chi connectivity index (χ4v) is 4.27. The molecule has 2 amide bonds. The van der Waals surface area contributed by atoms with Gasteiger partial charge in [-0.1, -0.05) is 6.42 Å². The lowest BCUT2D eigenvalue weighted by molar-refractivity contribution is 0.100. The van der Waals surface area contributed by atoms with Crippen molar-refractivity contribution in [1.29, 1.82) is 0 Å². The van der Waals surface area contributed by atoms with Gasteiger partial charge in [0, 0.05) is 37.9 Å². The number of benzene rings is 1. The predicted octanol–water partition coefficient (Wildman–Crippen LogP) is 3.10. The number of nitrogens with one attached hydrogen (secondary N) is 1. The van der Waals surface area contributed by atoms with Crippen LogP contribution in [0.4, 0.5) is 10.5 Å². The average Bonchev–Trinajstić information content (AvgIpc) is 3.14. The second-order valence-electron chi connectivity index (χ2n) is 9.29. The number of aliphatic hydroxyl groups is 1. The molecule has 0 heterocycles. The van der Waals surface area contributed by atoms with E-state index in [0.29, 0.717) is 18.3 Å². The molecule has 2 N–H and O–H groups in total. The third-order valence-corrected chi connectivity index (χ3v) is 5.93. The molecule has 1 aromatic carbocycles. The van der Waals surface area contributed by atoms with Crippen molar-refractivity contribution in [2.24, 2.45) is 11.8 Å². The number of carbonyl (C=O) groups is 1. The van der Waals surface area contributed by atoms with Gasteiger partial charge in [0.2, 0.25) is 0 Å². The smallest absolute Gasteiger partial charge is 0.324 e. The Balaban J connectivity index is 1.47. The monoisotopic (exact) mass is 389 g/mol. The van der Waals surface area contributed by atoms with Crippen LogP contribution in [0.1, 0.15) is 40.0 Å². The van der Waals surface area contributed by atoms with Crippen LogP contribution in [0.5, 0.6) is 5.75 Å². The summed E-state index contributed by atoms with van der Waals surface area (Å²) in [6, 6.07) is 7.92. The van der Waals surface area contributed by atoms with Crippen molar-refractivity contribution in [3.8, 4) is 5.75 Å². The molecule has 2 aliphatic rings. The molecule has 0 bridgehead atoms. The van der Waals surface area contributed by atoms with Gasteiger partial charge in [-0.2, -0.15) is 0 Å². The Morgan fingerprint density at radius 1 is 1.21 bits per heavy atom. The number of rotatable bonds is 7. The molecule has 2 fully saturated rings. The second-order valence-corrected chi connectivity index (χ2v) is 9.29. The van der Waals surface area contributed by atoms with Gasteiger partial charge >= 0.3 is 6.03 Å². The zero-order chi connectivity index (χ0) is 20.5. The van der Waals surface area contributed by atoms with Crippen molar-refractivity contribution in [3.63, 3.8) is 0 Å². The Morgan fingerprint density at radius 2 is 1.82 bits per heavy atom. The Labute approximate surface area is 168 Å². The average molecular weight is 390 g/mol. The SMILES string of the molecule is CN(C(=O)N(C)C1C2CCCC21)c1ccc(OCC(O)CNC(C)(C)C)cc1. The number of fused-ring (bicyclic) bond motifs is 1. The summed E-state index contributed by atoms with van der Waals surface area (Å²) in [5.41, 5.74) is 0.802. The van der Waals surface area contributed by atoms with Crippen LogP contribution in [0.15, 0.2) is 24.3 Å². The standard InChI is InChI=1S/C22H35N3O3/c1-22(2,3)23-13-16(26)14-28-17-11-9-15(10-12-17)24(4)21(27)25(5)20-18-7-6-8-19(18)20/h9-12,16,18-20,23,26H,6-8,13-14H2,1-5H3. The summed E-state index contributed by atoms with van der Waals surface area (Å²) in [6.45, 7) is 6.89. The molecule has 6 nitrogen and oxygen atoms in total. The van der Waals surface area contributed by atoms with E-state index in [4.69, 9.17) is 4.74 Å². The minimum atomic E-state index is -0.574. The molecular formula is C22H35N3O3. The number of anilines is 1. The zero-order valence-electron chi connectivity index (χ0n) is 17.8. The Morgan fingerprint density at radius 3 is 2.39 bits per heavy atom. The van der Waals surface area contributed by atoms with Crippen LogP contribution in [0.25, 0.3) is 0 Å². The van der Waals surface area contributed by atoms with Crippen molar-refractivity contribution < 1.29 is 14.6 Å². The maximum Gasteiger partial charge on any atom is 0.324 e. The number of hydrogen-bond acceptors (Lipinski definition) is 4. The van der Waals surface area contributed by atoms with Crippen LogP contribution in [0, 0.1) is 11.8 Å². The number of aliphatic hydroxyl groups excluding tert-OH is 1. The number of ether oxygens (including phenoxy) is 1. The van der Waals surface area contributed by atoms with E-state index in [1.165, 1.54) is 19.3 Å². The number of carbonyl (C=O) groups excluding carboxylic acids is 1. The molecule has 0 aliphatic heterocycles. The highest BCUT2D eigenvalue weighted by Crippen LogP contribution is 2.54. The first kappa shape index (κ1) is 20.9. The summed E-state index contributed by atoms with van der Waals surface area (Å²) < 4.78 is 5.67. The molecule has 156 valence electrons. The first-order valence-corrected chi connectivity index (χ1v) is 10.3. The number of hydrogen-bond donors (Lipinski definition) is 2. The Kier molecular flexibility index (Phi) is 6.20. The predicted molar refractivity (Wildman–Crippen MR) is 112 cm³/mol. The summed E-state index contributed by atoms with van der Waals surface area (Å²) in [7, 11) is 3.74. The first-order chi connectivity index (χ1) is 13.2. The molecule has 0 saturated heterocycles. The van der Waals surface area contributed by atoms with Crippen LogP contribution < -0.4 is 15.0 Å². The molecule has 3 unspecified atom stereocenters. The lowest BCUT2D eigenvalue weighted by Crippen LogP contribution is -2.42. The van der Waals surface area contributed by atoms with Crippen LogP contribution in [0.3, 0.4) is 0 Å². The van der Waals surface area contributed by atoms with Crippen LogP contribution in [-0.4, -0.2) is 61.0 Å². The van der Waals surface area contributed by atoms with Crippen LogP contribution >= 0.6 is 0 Å². The summed E-state index contributed by atoms with van der Waals surface area (Å²) >= 11 is 0. The maximum absolute atomic E-state index is 12.8.